The summed E-state index contributed by atoms with van der Waals surface area (Å²) in [6.45, 7) is 5.48. The van der Waals surface area contributed by atoms with Gasteiger partial charge in [0.25, 0.3) is 5.91 Å². The number of nitrogens with one attached hydrogen (secondary N) is 1. The van der Waals surface area contributed by atoms with E-state index in [2.05, 4.69) is 5.32 Å². The minimum atomic E-state index is -0.564. The molecule has 2 aromatic carbocycles. The summed E-state index contributed by atoms with van der Waals surface area (Å²) in [5, 5.41) is 2.96. The van der Waals surface area contributed by atoms with Gasteiger partial charge in [0.15, 0.2) is 0 Å². The van der Waals surface area contributed by atoms with Gasteiger partial charge in [-0.05, 0) is 57.0 Å². The molecule has 0 aliphatic rings. The van der Waals surface area contributed by atoms with E-state index in [1.54, 1.807) is 31.4 Å². The largest absolute Gasteiger partial charge is 0.497 e. The molecule has 5 heteroatoms. The van der Waals surface area contributed by atoms with Crippen LogP contribution in [-0.2, 0) is 16.0 Å². The third-order valence-electron chi connectivity index (χ3n) is 3.85. The zero-order valence-corrected chi connectivity index (χ0v) is 16.3. The predicted molar refractivity (Wildman–Crippen MR) is 105 cm³/mol. The lowest BCUT2D eigenvalue weighted by molar-refractivity contribution is -0.155. The summed E-state index contributed by atoms with van der Waals surface area (Å²) in [6, 6.07) is 16.2. The third-order valence-corrected chi connectivity index (χ3v) is 3.85. The average molecular weight is 369 g/mol. The smallest absolute Gasteiger partial charge is 0.308 e. The van der Waals surface area contributed by atoms with E-state index >= 15 is 0 Å². The van der Waals surface area contributed by atoms with Crippen molar-refractivity contribution in [2.24, 2.45) is 0 Å². The zero-order valence-electron chi connectivity index (χ0n) is 16.3. The van der Waals surface area contributed by atoms with Crippen molar-refractivity contribution in [2.45, 2.75) is 45.3 Å². The van der Waals surface area contributed by atoms with Crippen molar-refractivity contribution in [3.63, 3.8) is 0 Å². The highest BCUT2D eigenvalue weighted by molar-refractivity contribution is 5.94. The molecule has 1 N–H and O–H groups in total. The Morgan fingerprint density at radius 2 is 1.63 bits per heavy atom. The molecule has 0 heterocycles. The van der Waals surface area contributed by atoms with Crippen LogP contribution in [0, 0.1) is 0 Å². The van der Waals surface area contributed by atoms with E-state index < -0.39 is 5.60 Å². The number of methoxy groups -OCH3 is 1. The standard InChI is InChI=1S/C22H27NO4/c1-22(2,3)27-20(24)15-18(14-16-10-12-19(26-4)13-11-16)23-21(25)17-8-6-5-7-9-17/h5-13,18H,14-15H2,1-4H3,(H,23,25)/t18-/m1/s1. The van der Waals surface area contributed by atoms with Gasteiger partial charge < -0.3 is 14.8 Å². The predicted octanol–water partition coefficient (Wildman–Crippen LogP) is 3.77. The van der Waals surface area contributed by atoms with Gasteiger partial charge in [0, 0.05) is 11.6 Å². The van der Waals surface area contributed by atoms with Gasteiger partial charge in [-0.15, -0.1) is 0 Å². The molecule has 0 radical (unpaired) electrons. The van der Waals surface area contributed by atoms with Crippen molar-refractivity contribution in [1.82, 2.24) is 5.32 Å². The van der Waals surface area contributed by atoms with Gasteiger partial charge in [-0.25, -0.2) is 0 Å². The van der Waals surface area contributed by atoms with E-state index in [0.717, 1.165) is 11.3 Å². The lowest BCUT2D eigenvalue weighted by Gasteiger charge is -2.23. The molecule has 0 spiro atoms. The highest BCUT2D eigenvalue weighted by Gasteiger charge is 2.22. The van der Waals surface area contributed by atoms with Crippen LogP contribution in [0.3, 0.4) is 0 Å². The molecule has 27 heavy (non-hydrogen) atoms. The minimum absolute atomic E-state index is 0.0991. The number of rotatable bonds is 7. The summed E-state index contributed by atoms with van der Waals surface area (Å²) in [7, 11) is 1.61. The Morgan fingerprint density at radius 3 is 2.19 bits per heavy atom. The third kappa shape index (κ3) is 7.13. The van der Waals surface area contributed by atoms with Crippen LogP contribution in [0.25, 0.3) is 0 Å². The summed E-state index contributed by atoms with van der Waals surface area (Å²) in [6.07, 6.45) is 0.615. The van der Waals surface area contributed by atoms with Crippen LogP contribution >= 0.6 is 0 Å². The topological polar surface area (TPSA) is 64.6 Å². The lowest BCUT2D eigenvalue weighted by Crippen LogP contribution is -2.39. The number of amides is 1. The summed E-state index contributed by atoms with van der Waals surface area (Å²) < 4.78 is 10.6. The number of hydrogen-bond acceptors (Lipinski definition) is 4. The Balaban J connectivity index is 2.11. The molecule has 0 unspecified atom stereocenters. The monoisotopic (exact) mass is 369 g/mol. The summed E-state index contributed by atoms with van der Waals surface area (Å²) >= 11 is 0. The fourth-order valence-corrected chi connectivity index (χ4v) is 2.66. The molecule has 0 aliphatic carbocycles. The van der Waals surface area contributed by atoms with Crippen molar-refractivity contribution in [1.29, 1.82) is 0 Å². The first-order chi connectivity index (χ1) is 12.8. The second-order valence-electron chi connectivity index (χ2n) is 7.38. The van der Waals surface area contributed by atoms with Gasteiger partial charge in [0.05, 0.1) is 13.5 Å². The Kier molecular flexibility index (Phi) is 6.99. The Hall–Kier alpha value is -2.82. The van der Waals surface area contributed by atoms with E-state index in [1.807, 2.05) is 51.1 Å². The normalized spacial score (nSPS) is 12.1. The molecule has 1 atom stereocenters. The Bertz CT molecular complexity index is 748. The fraction of sp³-hybridized carbons (Fsp3) is 0.364. The highest BCUT2D eigenvalue weighted by Crippen LogP contribution is 2.16. The lowest BCUT2D eigenvalue weighted by atomic mass is 10.0. The van der Waals surface area contributed by atoms with E-state index in [-0.39, 0.29) is 24.3 Å². The maximum absolute atomic E-state index is 12.5. The maximum Gasteiger partial charge on any atom is 0.308 e. The van der Waals surface area contributed by atoms with Gasteiger partial charge in [0.1, 0.15) is 11.4 Å². The van der Waals surface area contributed by atoms with Crippen LogP contribution in [0.5, 0.6) is 5.75 Å². The molecule has 5 nitrogen and oxygen atoms in total. The van der Waals surface area contributed by atoms with Crippen molar-refractivity contribution in [3.05, 3.63) is 65.7 Å². The second-order valence-corrected chi connectivity index (χ2v) is 7.38. The van der Waals surface area contributed by atoms with Crippen LogP contribution in [-0.4, -0.2) is 30.6 Å². The Morgan fingerprint density at radius 1 is 1.00 bits per heavy atom. The van der Waals surface area contributed by atoms with E-state index in [9.17, 15) is 9.59 Å². The fourth-order valence-electron chi connectivity index (χ4n) is 2.66. The van der Waals surface area contributed by atoms with E-state index in [1.165, 1.54) is 0 Å². The summed E-state index contributed by atoms with van der Waals surface area (Å²) in [5.41, 5.74) is 0.990. The first-order valence-corrected chi connectivity index (χ1v) is 8.97. The SMILES string of the molecule is COc1ccc(C[C@H](CC(=O)OC(C)(C)C)NC(=O)c2ccccc2)cc1. The molecule has 0 saturated heterocycles. The number of ether oxygens (including phenoxy) is 2. The molecule has 0 aromatic heterocycles. The van der Waals surface area contributed by atoms with Gasteiger partial charge in [-0.3, -0.25) is 9.59 Å². The summed E-state index contributed by atoms with van der Waals surface area (Å²) in [4.78, 5) is 24.8. The second kappa shape index (κ2) is 9.21. The molecule has 2 aromatic rings. The highest BCUT2D eigenvalue weighted by atomic mass is 16.6. The van der Waals surface area contributed by atoms with Crippen LogP contribution < -0.4 is 10.1 Å². The van der Waals surface area contributed by atoms with E-state index in [0.29, 0.717) is 12.0 Å². The van der Waals surface area contributed by atoms with Crippen molar-refractivity contribution >= 4 is 11.9 Å². The van der Waals surface area contributed by atoms with Gasteiger partial charge >= 0.3 is 5.97 Å². The van der Waals surface area contributed by atoms with Gasteiger partial charge in [-0.1, -0.05) is 30.3 Å². The zero-order chi connectivity index (χ0) is 19.9. The molecular weight excluding hydrogens is 342 g/mol. The molecule has 2 rings (SSSR count). The van der Waals surface area contributed by atoms with E-state index in [4.69, 9.17) is 9.47 Å². The average Bonchev–Trinajstić information content (AvgIpc) is 2.61. The number of esters is 1. The number of carbonyl (C=O) groups excluding carboxylic acids is 2. The van der Waals surface area contributed by atoms with Crippen molar-refractivity contribution in [3.8, 4) is 5.75 Å². The quantitative estimate of drug-likeness (QED) is 0.755. The first-order valence-electron chi connectivity index (χ1n) is 8.97. The van der Waals surface area contributed by atoms with Crippen LogP contribution in [0.1, 0.15) is 43.1 Å². The number of carbonyl (C=O) groups is 2. The first kappa shape index (κ1) is 20.5. The van der Waals surface area contributed by atoms with Crippen LogP contribution in [0.4, 0.5) is 0 Å². The molecule has 0 aliphatic heterocycles. The number of benzene rings is 2. The Labute approximate surface area is 160 Å². The maximum atomic E-state index is 12.5. The molecule has 1 amide bonds. The van der Waals surface area contributed by atoms with Crippen LogP contribution in [0.15, 0.2) is 54.6 Å². The van der Waals surface area contributed by atoms with Gasteiger partial charge in [0.2, 0.25) is 0 Å². The minimum Gasteiger partial charge on any atom is -0.497 e. The van der Waals surface area contributed by atoms with Gasteiger partial charge in [-0.2, -0.15) is 0 Å². The summed E-state index contributed by atoms with van der Waals surface area (Å²) in [5.74, 6) is 0.211. The number of hydrogen-bond donors (Lipinski definition) is 1. The molecule has 0 bridgehead atoms. The molecular formula is C22H27NO4. The molecule has 0 fully saturated rings. The van der Waals surface area contributed by atoms with Crippen molar-refractivity contribution < 1.29 is 19.1 Å². The van der Waals surface area contributed by atoms with Crippen LogP contribution in [0.2, 0.25) is 0 Å². The van der Waals surface area contributed by atoms with Crippen molar-refractivity contribution in [2.75, 3.05) is 7.11 Å². The molecule has 0 saturated carbocycles. The molecule has 144 valence electrons.